The SMILES string of the molecule is CCOC(=O)C1=C(C)NC(C)=C(C(=O)OCCOC/C(C)=C/c2ccc(Oc3cccnc3)cc2)C1c1cccc([N+](=O)[O-])c1. The molecule has 0 aliphatic carbocycles. The van der Waals surface area contributed by atoms with Gasteiger partial charge in [0.1, 0.15) is 18.1 Å². The number of aromatic nitrogens is 1. The molecule has 1 N–H and O–H groups in total. The molecule has 1 aromatic heterocycles. The van der Waals surface area contributed by atoms with Crippen molar-refractivity contribution in [3.05, 3.63) is 122 Å². The van der Waals surface area contributed by atoms with Crippen LogP contribution in [-0.4, -0.2) is 48.3 Å². The summed E-state index contributed by atoms with van der Waals surface area (Å²) in [5.41, 5.74) is 3.47. The molecule has 2 aromatic carbocycles. The zero-order valence-corrected chi connectivity index (χ0v) is 25.6. The molecule has 1 atom stereocenters. The average Bonchev–Trinajstić information content (AvgIpc) is 3.02. The molecule has 4 rings (SSSR count). The number of carbonyl (C=O) groups excluding carboxylic acids is 2. The van der Waals surface area contributed by atoms with E-state index in [-0.39, 0.29) is 36.7 Å². The second-order valence-corrected chi connectivity index (χ2v) is 10.2. The van der Waals surface area contributed by atoms with E-state index in [2.05, 4.69) is 10.3 Å². The van der Waals surface area contributed by atoms with Crippen LogP contribution in [0.3, 0.4) is 0 Å². The number of hydrogen-bond donors (Lipinski definition) is 1. The minimum absolute atomic E-state index is 0.0393. The van der Waals surface area contributed by atoms with Crippen LogP contribution in [0.25, 0.3) is 6.08 Å². The van der Waals surface area contributed by atoms with Crippen molar-refractivity contribution >= 4 is 23.7 Å². The van der Waals surface area contributed by atoms with Gasteiger partial charge in [-0.1, -0.05) is 30.3 Å². The van der Waals surface area contributed by atoms with Crippen molar-refractivity contribution in [2.24, 2.45) is 0 Å². The first-order valence-electron chi connectivity index (χ1n) is 14.4. The molecule has 11 nitrogen and oxygen atoms in total. The van der Waals surface area contributed by atoms with Gasteiger partial charge in [-0.25, -0.2) is 9.59 Å². The van der Waals surface area contributed by atoms with Crippen molar-refractivity contribution in [2.45, 2.75) is 33.6 Å². The monoisotopic (exact) mass is 613 g/mol. The number of benzene rings is 2. The molecule has 1 unspecified atom stereocenters. The van der Waals surface area contributed by atoms with Crippen molar-refractivity contribution in [1.29, 1.82) is 0 Å². The Morgan fingerprint density at radius 1 is 0.956 bits per heavy atom. The van der Waals surface area contributed by atoms with Crippen molar-refractivity contribution in [3.8, 4) is 11.5 Å². The molecule has 0 amide bonds. The summed E-state index contributed by atoms with van der Waals surface area (Å²) in [5.74, 6) is -0.872. The number of allylic oxidation sites excluding steroid dienone is 2. The van der Waals surface area contributed by atoms with E-state index in [0.29, 0.717) is 35.1 Å². The topological polar surface area (TPSA) is 139 Å². The quantitative estimate of drug-likeness (QED) is 0.102. The largest absolute Gasteiger partial charge is 0.463 e. The van der Waals surface area contributed by atoms with Crippen LogP contribution in [0.1, 0.15) is 44.7 Å². The lowest BCUT2D eigenvalue weighted by Gasteiger charge is -2.30. The Hall–Kier alpha value is -5.29. The standard InChI is InChI=1S/C34H35N3O8/c1-5-43-33(38)30-23(3)36-24(4)31(32(30)26-8-6-9-27(19-26)37(40)41)34(39)44-17-16-42-21-22(2)18-25-11-13-28(14-12-25)45-29-10-7-15-35-20-29/h6-15,18-20,32,36H,5,16-17,21H2,1-4H3/b22-18+. The number of rotatable bonds is 13. The number of non-ortho nitro benzene ring substituents is 1. The highest BCUT2D eigenvalue weighted by Crippen LogP contribution is 2.40. The smallest absolute Gasteiger partial charge is 0.336 e. The fourth-order valence-corrected chi connectivity index (χ4v) is 4.90. The number of nitro benzene ring substituents is 1. The molecule has 0 saturated heterocycles. The van der Waals surface area contributed by atoms with Crippen LogP contribution >= 0.6 is 0 Å². The molecular formula is C34H35N3O8. The Morgan fingerprint density at radius 3 is 2.31 bits per heavy atom. The van der Waals surface area contributed by atoms with Crippen LogP contribution in [0.2, 0.25) is 0 Å². The predicted molar refractivity (Wildman–Crippen MR) is 167 cm³/mol. The second-order valence-electron chi connectivity index (χ2n) is 10.2. The first kappa shape index (κ1) is 32.6. The van der Waals surface area contributed by atoms with Crippen LogP contribution in [0, 0.1) is 10.1 Å². The maximum Gasteiger partial charge on any atom is 0.336 e. The van der Waals surface area contributed by atoms with Gasteiger partial charge in [-0.05, 0) is 68.7 Å². The van der Waals surface area contributed by atoms with Gasteiger partial charge in [0.25, 0.3) is 5.69 Å². The first-order valence-corrected chi connectivity index (χ1v) is 14.4. The van der Waals surface area contributed by atoms with Crippen molar-refractivity contribution in [2.75, 3.05) is 26.4 Å². The fourth-order valence-electron chi connectivity index (χ4n) is 4.90. The van der Waals surface area contributed by atoms with Gasteiger partial charge in [-0.3, -0.25) is 15.1 Å². The number of hydrogen-bond acceptors (Lipinski definition) is 10. The van der Waals surface area contributed by atoms with E-state index in [4.69, 9.17) is 18.9 Å². The van der Waals surface area contributed by atoms with E-state index >= 15 is 0 Å². The number of nitro groups is 1. The van der Waals surface area contributed by atoms with Crippen LogP contribution in [-0.2, 0) is 23.8 Å². The minimum Gasteiger partial charge on any atom is -0.463 e. The number of nitrogens with zero attached hydrogens (tertiary/aromatic N) is 2. The summed E-state index contributed by atoms with van der Waals surface area (Å²) >= 11 is 0. The summed E-state index contributed by atoms with van der Waals surface area (Å²) in [6, 6.07) is 17.1. The molecule has 1 aliphatic rings. The van der Waals surface area contributed by atoms with E-state index in [0.717, 1.165) is 11.1 Å². The molecule has 1 aliphatic heterocycles. The highest BCUT2D eigenvalue weighted by molar-refractivity contribution is 6.00. The Labute approximate surface area is 261 Å². The van der Waals surface area contributed by atoms with Gasteiger partial charge in [-0.15, -0.1) is 0 Å². The number of ether oxygens (including phenoxy) is 4. The Bertz CT molecular complexity index is 1630. The van der Waals surface area contributed by atoms with Gasteiger partial charge in [0.2, 0.25) is 0 Å². The van der Waals surface area contributed by atoms with E-state index < -0.39 is 22.8 Å². The first-order chi connectivity index (χ1) is 21.7. The van der Waals surface area contributed by atoms with E-state index in [1.54, 1.807) is 45.3 Å². The molecule has 0 saturated carbocycles. The third kappa shape index (κ3) is 8.64. The van der Waals surface area contributed by atoms with Gasteiger partial charge < -0.3 is 24.3 Å². The van der Waals surface area contributed by atoms with E-state index in [9.17, 15) is 19.7 Å². The van der Waals surface area contributed by atoms with E-state index in [1.165, 1.54) is 18.2 Å². The fraction of sp³-hybridized carbons (Fsp3) is 0.265. The van der Waals surface area contributed by atoms with Crippen LogP contribution in [0.5, 0.6) is 11.5 Å². The maximum absolute atomic E-state index is 13.4. The summed E-state index contributed by atoms with van der Waals surface area (Å²) in [5, 5.41) is 14.6. The summed E-state index contributed by atoms with van der Waals surface area (Å²) in [7, 11) is 0. The Balaban J connectivity index is 1.37. The highest BCUT2D eigenvalue weighted by atomic mass is 16.6. The highest BCUT2D eigenvalue weighted by Gasteiger charge is 2.38. The summed E-state index contributed by atoms with van der Waals surface area (Å²) in [6.45, 7) is 7.53. The van der Waals surface area contributed by atoms with Crippen LogP contribution in [0.15, 0.2) is 101 Å². The molecular weight excluding hydrogens is 578 g/mol. The zero-order chi connectivity index (χ0) is 32.3. The third-order valence-electron chi connectivity index (χ3n) is 6.84. The molecule has 2 heterocycles. The molecule has 11 heteroatoms. The molecule has 234 valence electrons. The maximum atomic E-state index is 13.4. The Morgan fingerprint density at radius 2 is 1.67 bits per heavy atom. The van der Waals surface area contributed by atoms with Gasteiger partial charge in [0, 0.05) is 29.7 Å². The minimum atomic E-state index is -0.926. The number of nitrogens with one attached hydrogen (secondary N) is 1. The van der Waals surface area contributed by atoms with Gasteiger partial charge in [-0.2, -0.15) is 0 Å². The summed E-state index contributed by atoms with van der Waals surface area (Å²) < 4.78 is 22.3. The lowest BCUT2D eigenvalue weighted by atomic mass is 9.80. The molecule has 0 radical (unpaired) electrons. The average molecular weight is 614 g/mol. The molecule has 0 bridgehead atoms. The second kappa shape index (κ2) is 15.4. The van der Waals surface area contributed by atoms with Crippen LogP contribution < -0.4 is 10.1 Å². The summed E-state index contributed by atoms with van der Waals surface area (Å²) in [4.78, 5) is 41.4. The lowest BCUT2D eigenvalue weighted by Crippen LogP contribution is -2.32. The number of carbonyl (C=O) groups is 2. The van der Waals surface area contributed by atoms with Gasteiger partial charge in [0.15, 0.2) is 0 Å². The van der Waals surface area contributed by atoms with E-state index in [1.807, 2.05) is 43.3 Å². The number of pyridine rings is 1. The van der Waals surface area contributed by atoms with Crippen molar-refractivity contribution in [3.63, 3.8) is 0 Å². The summed E-state index contributed by atoms with van der Waals surface area (Å²) in [6.07, 6.45) is 5.31. The van der Waals surface area contributed by atoms with Crippen LogP contribution in [0.4, 0.5) is 5.69 Å². The van der Waals surface area contributed by atoms with Gasteiger partial charge >= 0.3 is 11.9 Å². The van der Waals surface area contributed by atoms with Crippen molar-refractivity contribution < 1.29 is 33.5 Å². The zero-order valence-electron chi connectivity index (χ0n) is 25.6. The normalized spacial score (nSPS) is 14.9. The number of esters is 2. The molecule has 0 fully saturated rings. The molecule has 0 spiro atoms. The lowest BCUT2D eigenvalue weighted by molar-refractivity contribution is -0.384. The Kier molecular flexibility index (Phi) is 11.2. The molecule has 3 aromatic rings. The van der Waals surface area contributed by atoms with Crippen molar-refractivity contribution in [1.82, 2.24) is 10.3 Å². The molecule has 45 heavy (non-hydrogen) atoms. The third-order valence-corrected chi connectivity index (χ3v) is 6.84. The van der Waals surface area contributed by atoms with Gasteiger partial charge in [0.05, 0.1) is 48.0 Å². The predicted octanol–water partition coefficient (Wildman–Crippen LogP) is 6.24. The number of dihydropyridines is 1.